The van der Waals surface area contributed by atoms with Crippen molar-refractivity contribution in [1.82, 2.24) is 9.88 Å². The maximum atomic E-state index is 5.98. The van der Waals surface area contributed by atoms with Crippen LogP contribution in [0.25, 0.3) is 11.1 Å². The van der Waals surface area contributed by atoms with Crippen LogP contribution in [-0.4, -0.2) is 36.2 Å². The molecule has 1 aliphatic heterocycles. The first kappa shape index (κ1) is 14.1. The fraction of sp³-hybridized carbons (Fsp3) is 0.278. The third-order valence-corrected chi connectivity index (χ3v) is 3.83. The zero-order valence-corrected chi connectivity index (χ0v) is 12.9. The van der Waals surface area contributed by atoms with E-state index in [9.17, 15) is 0 Å². The van der Waals surface area contributed by atoms with Gasteiger partial charge in [-0.15, -0.1) is 0 Å². The lowest BCUT2D eigenvalue weighted by molar-refractivity contribution is 0.0620. The number of hydrogen-bond donors (Lipinski definition) is 0. The Kier molecular flexibility index (Phi) is 3.63. The Morgan fingerprint density at radius 2 is 1.87 bits per heavy atom. The Balaban J connectivity index is 1.39. The van der Waals surface area contributed by atoms with Gasteiger partial charge in [-0.05, 0) is 31.3 Å². The lowest BCUT2D eigenvalue weighted by Gasteiger charge is -2.29. The number of benzene rings is 2. The average Bonchev–Trinajstić information content (AvgIpc) is 2.96. The van der Waals surface area contributed by atoms with Gasteiger partial charge in [-0.25, -0.2) is 4.98 Å². The summed E-state index contributed by atoms with van der Waals surface area (Å²) in [6.45, 7) is 1.93. The molecule has 0 aliphatic carbocycles. The maximum absolute atomic E-state index is 5.98. The number of oxazole rings is 1. The zero-order valence-electron chi connectivity index (χ0n) is 12.9. The molecule has 0 radical (unpaired) electrons. The molecule has 2 heterocycles. The molecule has 1 aliphatic rings. The topological polar surface area (TPSA) is 47.7 Å². The van der Waals surface area contributed by atoms with E-state index in [2.05, 4.69) is 9.88 Å². The van der Waals surface area contributed by atoms with E-state index in [4.69, 9.17) is 13.9 Å². The van der Waals surface area contributed by atoms with Gasteiger partial charge in [-0.1, -0.05) is 24.3 Å². The van der Waals surface area contributed by atoms with Crippen molar-refractivity contribution in [2.45, 2.75) is 12.6 Å². The Morgan fingerprint density at radius 1 is 1.09 bits per heavy atom. The lowest BCUT2D eigenvalue weighted by Crippen LogP contribution is -2.39. The van der Waals surface area contributed by atoms with E-state index in [0.29, 0.717) is 19.0 Å². The molecule has 0 spiro atoms. The molecule has 0 N–H and O–H groups in total. The number of rotatable bonds is 4. The second kappa shape index (κ2) is 5.93. The normalized spacial score (nSPS) is 16.9. The van der Waals surface area contributed by atoms with E-state index in [-0.39, 0.29) is 6.10 Å². The molecule has 4 rings (SSSR count). The van der Waals surface area contributed by atoms with Crippen LogP contribution in [-0.2, 0) is 6.54 Å². The Labute approximate surface area is 134 Å². The quantitative estimate of drug-likeness (QED) is 0.741. The second-order valence-electron chi connectivity index (χ2n) is 5.77. The van der Waals surface area contributed by atoms with E-state index in [1.165, 1.54) is 0 Å². The number of hydrogen-bond acceptors (Lipinski definition) is 5. The van der Waals surface area contributed by atoms with Crippen molar-refractivity contribution < 1.29 is 13.9 Å². The first-order valence-electron chi connectivity index (χ1n) is 7.69. The van der Waals surface area contributed by atoms with Gasteiger partial charge in [0.25, 0.3) is 0 Å². The van der Waals surface area contributed by atoms with Crippen LogP contribution >= 0.6 is 0 Å². The standard InChI is InChI=1S/C18H18N2O3/c1-20(11-18-19-14-6-2-3-7-15(14)23-18)10-13-12-21-16-8-4-5-9-17(16)22-13/h2-9,13H,10-12H2,1H3. The van der Waals surface area contributed by atoms with Gasteiger partial charge in [0.05, 0.1) is 6.54 Å². The Hall–Kier alpha value is -2.53. The molecule has 1 atom stereocenters. The molecular weight excluding hydrogens is 292 g/mol. The van der Waals surface area contributed by atoms with Gasteiger partial charge >= 0.3 is 0 Å². The van der Waals surface area contributed by atoms with Gasteiger partial charge < -0.3 is 13.9 Å². The van der Waals surface area contributed by atoms with Crippen LogP contribution in [0.2, 0.25) is 0 Å². The fourth-order valence-electron chi connectivity index (χ4n) is 2.78. The molecule has 5 nitrogen and oxygen atoms in total. The van der Waals surface area contributed by atoms with Crippen molar-refractivity contribution in [2.75, 3.05) is 20.2 Å². The highest BCUT2D eigenvalue weighted by atomic mass is 16.6. The van der Waals surface area contributed by atoms with Crippen LogP contribution in [0.3, 0.4) is 0 Å². The molecule has 0 saturated carbocycles. The van der Waals surface area contributed by atoms with Gasteiger partial charge in [0, 0.05) is 6.54 Å². The summed E-state index contributed by atoms with van der Waals surface area (Å²) in [7, 11) is 2.03. The van der Waals surface area contributed by atoms with Crippen molar-refractivity contribution in [3.63, 3.8) is 0 Å². The largest absolute Gasteiger partial charge is 0.486 e. The van der Waals surface area contributed by atoms with Crippen LogP contribution in [0.15, 0.2) is 52.9 Å². The van der Waals surface area contributed by atoms with Crippen LogP contribution in [0.4, 0.5) is 0 Å². The molecule has 3 aromatic rings. The van der Waals surface area contributed by atoms with Gasteiger partial charge in [0.15, 0.2) is 17.1 Å². The zero-order chi connectivity index (χ0) is 15.6. The van der Waals surface area contributed by atoms with Crippen molar-refractivity contribution in [3.8, 4) is 11.5 Å². The van der Waals surface area contributed by atoms with Gasteiger partial charge in [0.2, 0.25) is 5.89 Å². The molecule has 0 saturated heterocycles. The minimum Gasteiger partial charge on any atom is -0.486 e. The summed E-state index contributed by atoms with van der Waals surface area (Å²) < 4.78 is 17.5. The average molecular weight is 310 g/mol. The van der Waals surface area contributed by atoms with Crippen molar-refractivity contribution in [1.29, 1.82) is 0 Å². The molecule has 118 valence electrons. The SMILES string of the molecule is CN(Cc1nc2ccccc2o1)CC1COc2ccccc2O1. The summed E-state index contributed by atoms with van der Waals surface area (Å²) in [5, 5.41) is 0. The first-order valence-corrected chi connectivity index (χ1v) is 7.69. The number of nitrogens with zero attached hydrogens (tertiary/aromatic N) is 2. The molecule has 0 bridgehead atoms. The predicted octanol–water partition coefficient (Wildman–Crippen LogP) is 3.10. The monoisotopic (exact) mass is 310 g/mol. The van der Waals surface area contributed by atoms with Crippen LogP contribution in [0.5, 0.6) is 11.5 Å². The maximum Gasteiger partial charge on any atom is 0.209 e. The molecule has 0 fully saturated rings. The molecule has 5 heteroatoms. The summed E-state index contributed by atoms with van der Waals surface area (Å²) in [6.07, 6.45) is -0.000668. The molecular formula is C18H18N2O3. The third kappa shape index (κ3) is 3.00. The van der Waals surface area contributed by atoms with Crippen molar-refractivity contribution in [3.05, 3.63) is 54.4 Å². The smallest absolute Gasteiger partial charge is 0.209 e. The fourth-order valence-corrected chi connectivity index (χ4v) is 2.78. The number of likely N-dealkylation sites (N-methyl/N-ethyl adjacent to an activating group) is 1. The number of para-hydroxylation sites is 4. The Morgan fingerprint density at radius 3 is 2.74 bits per heavy atom. The highest BCUT2D eigenvalue weighted by Gasteiger charge is 2.22. The predicted molar refractivity (Wildman–Crippen MR) is 86.7 cm³/mol. The number of ether oxygens (including phenoxy) is 2. The van der Waals surface area contributed by atoms with Crippen LogP contribution in [0.1, 0.15) is 5.89 Å². The summed E-state index contributed by atoms with van der Waals surface area (Å²) in [6, 6.07) is 15.6. The minimum absolute atomic E-state index is 0.000668. The van der Waals surface area contributed by atoms with Gasteiger partial charge in [0.1, 0.15) is 18.2 Å². The van der Waals surface area contributed by atoms with E-state index in [0.717, 1.165) is 29.1 Å². The van der Waals surface area contributed by atoms with E-state index in [1.54, 1.807) is 0 Å². The number of aromatic nitrogens is 1. The summed E-state index contributed by atoms with van der Waals surface area (Å²) in [4.78, 5) is 6.63. The molecule has 23 heavy (non-hydrogen) atoms. The summed E-state index contributed by atoms with van der Waals surface area (Å²) in [5.74, 6) is 2.33. The van der Waals surface area contributed by atoms with E-state index < -0.39 is 0 Å². The van der Waals surface area contributed by atoms with Gasteiger partial charge in [-0.2, -0.15) is 0 Å². The van der Waals surface area contributed by atoms with E-state index in [1.807, 2.05) is 55.6 Å². The summed E-state index contributed by atoms with van der Waals surface area (Å²) in [5.41, 5.74) is 1.71. The highest BCUT2D eigenvalue weighted by Crippen LogP contribution is 2.31. The van der Waals surface area contributed by atoms with Crippen molar-refractivity contribution >= 4 is 11.1 Å². The second-order valence-corrected chi connectivity index (χ2v) is 5.77. The lowest BCUT2D eigenvalue weighted by atomic mass is 10.2. The summed E-state index contributed by atoms with van der Waals surface area (Å²) >= 11 is 0. The molecule has 0 amide bonds. The van der Waals surface area contributed by atoms with Crippen LogP contribution in [0, 0.1) is 0 Å². The molecule has 2 aromatic carbocycles. The van der Waals surface area contributed by atoms with Crippen LogP contribution < -0.4 is 9.47 Å². The van der Waals surface area contributed by atoms with Gasteiger partial charge in [-0.3, -0.25) is 4.90 Å². The third-order valence-electron chi connectivity index (χ3n) is 3.83. The molecule has 1 unspecified atom stereocenters. The highest BCUT2D eigenvalue weighted by molar-refractivity contribution is 5.72. The molecule has 1 aromatic heterocycles. The Bertz CT molecular complexity index is 782. The van der Waals surface area contributed by atoms with E-state index >= 15 is 0 Å². The first-order chi connectivity index (χ1) is 11.3. The minimum atomic E-state index is -0.000668. The van der Waals surface area contributed by atoms with Crippen molar-refractivity contribution in [2.24, 2.45) is 0 Å². The number of fused-ring (bicyclic) bond motifs is 2.